The molecule has 0 aliphatic heterocycles. The smallest absolute Gasteiger partial charge is 0.326 e. The highest BCUT2D eigenvalue weighted by Gasteiger charge is 2.30. The Balaban J connectivity index is 1.60. The minimum Gasteiger partial charge on any atom is -0.326 e. The quantitative estimate of drug-likeness (QED) is 0.369. The first-order valence-corrected chi connectivity index (χ1v) is 10.7. The number of nitrogens with one attached hydrogen (secondary N) is 2. The van der Waals surface area contributed by atoms with Crippen LogP contribution in [-0.2, 0) is 28.7 Å². The molecule has 0 bridgehead atoms. The SMILES string of the molecule is CCn1c(CC(=O)Nc2cccc(C(F)(F)F)c2)nnc1SCC(=O)Nc1ccccc1F. The Morgan fingerprint density at radius 3 is 2.48 bits per heavy atom. The van der Waals surface area contributed by atoms with Gasteiger partial charge in [-0.3, -0.25) is 9.59 Å². The molecule has 174 valence electrons. The van der Waals surface area contributed by atoms with E-state index >= 15 is 0 Å². The van der Waals surface area contributed by atoms with Crippen LogP contribution < -0.4 is 10.6 Å². The summed E-state index contributed by atoms with van der Waals surface area (Å²) in [6.45, 7) is 2.19. The van der Waals surface area contributed by atoms with E-state index in [0.717, 1.165) is 23.9 Å². The van der Waals surface area contributed by atoms with Gasteiger partial charge in [-0.25, -0.2) is 4.39 Å². The Labute approximate surface area is 190 Å². The van der Waals surface area contributed by atoms with Gasteiger partial charge in [0.15, 0.2) is 5.16 Å². The number of rotatable bonds is 8. The van der Waals surface area contributed by atoms with Gasteiger partial charge in [0.1, 0.15) is 11.6 Å². The summed E-state index contributed by atoms with van der Waals surface area (Å²) in [5, 5.41) is 13.2. The van der Waals surface area contributed by atoms with Crippen molar-refractivity contribution >= 4 is 35.0 Å². The predicted molar refractivity (Wildman–Crippen MR) is 115 cm³/mol. The number of aromatic nitrogens is 3. The lowest BCUT2D eigenvalue weighted by atomic mass is 10.2. The number of hydrogen-bond acceptors (Lipinski definition) is 5. The fourth-order valence-electron chi connectivity index (χ4n) is 2.88. The Bertz CT molecular complexity index is 1150. The second-order valence-corrected chi connectivity index (χ2v) is 7.71. The van der Waals surface area contributed by atoms with Gasteiger partial charge in [-0.05, 0) is 37.3 Å². The molecule has 7 nitrogen and oxygen atoms in total. The number of anilines is 2. The molecular weight excluding hydrogens is 462 g/mol. The minimum absolute atomic E-state index is 0.0109. The highest BCUT2D eigenvalue weighted by Crippen LogP contribution is 2.30. The molecule has 33 heavy (non-hydrogen) atoms. The van der Waals surface area contributed by atoms with Gasteiger partial charge in [0, 0.05) is 12.2 Å². The van der Waals surface area contributed by atoms with Crippen molar-refractivity contribution in [2.75, 3.05) is 16.4 Å². The molecule has 0 radical (unpaired) electrons. The van der Waals surface area contributed by atoms with Crippen molar-refractivity contribution in [2.45, 2.75) is 31.2 Å². The van der Waals surface area contributed by atoms with Crippen molar-refractivity contribution in [1.82, 2.24) is 14.8 Å². The molecule has 0 atom stereocenters. The maximum atomic E-state index is 13.7. The third-order valence-corrected chi connectivity index (χ3v) is 5.35. The van der Waals surface area contributed by atoms with E-state index in [1.807, 2.05) is 0 Å². The van der Waals surface area contributed by atoms with Crippen LogP contribution in [0.3, 0.4) is 0 Å². The lowest BCUT2D eigenvalue weighted by molar-refractivity contribution is -0.137. The Morgan fingerprint density at radius 2 is 1.79 bits per heavy atom. The van der Waals surface area contributed by atoms with E-state index in [2.05, 4.69) is 20.8 Å². The molecular formula is C21H19F4N5O2S. The summed E-state index contributed by atoms with van der Waals surface area (Å²) >= 11 is 1.06. The van der Waals surface area contributed by atoms with Crippen LogP contribution in [0.2, 0.25) is 0 Å². The molecule has 2 amide bonds. The topological polar surface area (TPSA) is 88.9 Å². The van der Waals surface area contributed by atoms with Crippen molar-refractivity contribution in [2.24, 2.45) is 0 Å². The third kappa shape index (κ3) is 6.54. The molecule has 0 aliphatic rings. The zero-order valence-corrected chi connectivity index (χ0v) is 18.1. The van der Waals surface area contributed by atoms with E-state index in [9.17, 15) is 27.2 Å². The number of amides is 2. The zero-order chi connectivity index (χ0) is 24.0. The average molecular weight is 481 g/mol. The maximum Gasteiger partial charge on any atom is 0.416 e. The normalized spacial score (nSPS) is 11.3. The molecule has 0 fully saturated rings. The van der Waals surface area contributed by atoms with Gasteiger partial charge < -0.3 is 15.2 Å². The first-order valence-electron chi connectivity index (χ1n) is 9.73. The van der Waals surface area contributed by atoms with Gasteiger partial charge in [-0.15, -0.1) is 10.2 Å². The highest BCUT2D eigenvalue weighted by atomic mass is 32.2. The first-order chi connectivity index (χ1) is 15.7. The van der Waals surface area contributed by atoms with E-state index < -0.39 is 29.4 Å². The van der Waals surface area contributed by atoms with Crippen LogP contribution in [0.4, 0.5) is 28.9 Å². The maximum absolute atomic E-state index is 13.7. The van der Waals surface area contributed by atoms with Gasteiger partial charge in [0.25, 0.3) is 0 Å². The Kier molecular flexibility index (Phi) is 7.69. The molecule has 0 aliphatic carbocycles. The number of carbonyl (C=O) groups excluding carboxylic acids is 2. The summed E-state index contributed by atoms with van der Waals surface area (Å²) in [6, 6.07) is 10.1. The summed E-state index contributed by atoms with van der Waals surface area (Å²) < 4.78 is 53.8. The van der Waals surface area contributed by atoms with Crippen molar-refractivity contribution in [3.8, 4) is 0 Å². The fourth-order valence-corrected chi connectivity index (χ4v) is 3.70. The molecule has 0 unspecified atom stereocenters. The molecule has 1 aromatic heterocycles. The predicted octanol–water partition coefficient (Wildman–Crippen LogP) is 4.37. The number of benzene rings is 2. The van der Waals surface area contributed by atoms with Crippen LogP contribution in [0.15, 0.2) is 53.7 Å². The zero-order valence-electron chi connectivity index (χ0n) is 17.3. The molecule has 2 aromatic carbocycles. The fraction of sp³-hybridized carbons (Fsp3) is 0.238. The second-order valence-electron chi connectivity index (χ2n) is 6.76. The standard InChI is InChI=1S/C21H19F4N5O2S/c1-2-30-17(11-18(31)26-14-7-5-6-13(10-14)21(23,24)25)28-29-20(30)33-12-19(32)27-16-9-4-3-8-15(16)22/h3-10H,2,11-12H2,1H3,(H,26,31)(H,27,32). The van der Waals surface area contributed by atoms with Crippen molar-refractivity contribution in [3.63, 3.8) is 0 Å². The third-order valence-electron chi connectivity index (χ3n) is 4.38. The largest absolute Gasteiger partial charge is 0.416 e. The number of carbonyl (C=O) groups is 2. The summed E-state index contributed by atoms with van der Waals surface area (Å²) in [5.74, 6) is -1.34. The van der Waals surface area contributed by atoms with Crippen LogP contribution in [0.1, 0.15) is 18.3 Å². The summed E-state index contributed by atoms with van der Waals surface area (Å²) in [7, 11) is 0. The van der Waals surface area contributed by atoms with E-state index in [-0.39, 0.29) is 23.5 Å². The van der Waals surface area contributed by atoms with Crippen LogP contribution >= 0.6 is 11.8 Å². The van der Waals surface area contributed by atoms with Crippen molar-refractivity contribution in [1.29, 1.82) is 0 Å². The molecule has 3 aromatic rings. The van der Waals surface area contributed by atoms with Crippen molar-refractivity contribution in [3.05, 3.63) is 65.7 Å². The number of para-hydroxylation sites is 1. The lowest BCUT2D eigenvalue weighted by Gasteiger charge is -2.10. The first kappa shape index (κ1) is 24.2. The van der Waals surface area contributed by atoms with Gasteiger partial charge in [0.2, 0.25) is 11.8 Å². The van der Waals surface area contributed by atoms with Gasteiger partial charge in [-0.1, -0.05) is 30.0 Å². The van der Waals surface area contributed by atoms with E-state index in [4.69, 9.17) is 0 Å². The number of nitrogens with zero attached hydrogens (tertiary/aromatic N) is 3. The Hall–Kier alpha value is -3.41. The second kappa shape index (κ2) is 10.5. The van der Waals surface area contributed by atoms with E-state index in [1.165, 1.54) is 30.3 Å². The van der Waals surface area contributed by atoms with E-state index in [1.54, 1.807) is 17.6 Å². The number of hydrogen-bond donors (Lipinski definition) is 2. The molecule has 12 heteroatoms. The lowest BCUT2D eigenvalue weighted by Crippen LogP contribution is -2.18. The molecule has 0 saturated carbocycles. The summed E-state index contributed by atoms with van der Waals surface area (Å²) in [5.41, 5.74) is -0.798. The molecule has 0 saturated heterocycles. The number of alkyl halides is 3. The molecule has 0 spiro atoms. The average Bonchev–Trinajstić information content (AvgIpc) is 3.14. The van der Waals surface area contributed by atoms with Crippen LogP contribution in [0.25, 0.3) is 0 Å². The van der Waals surface area contributed by atoms with Crippen molar-refractivity contribution < 1.29 is 27.2 Å². The van der Waals surface area contributed by atoms with E-state index in [0.29, 0.717) is 17.5 Å². The highest BCUT2D eigenvalue weighted by molar-refractivity contribution is 7.99. The van der Waals surface area contributed by atoms with Crippen LogP contribution in [0, 0.1) is 5.82 Å². The summed E-state index contributed by atoms with van der Waals surface area (Å²) in [4.78, 5) is 24.5. The number of halogens is 4. The van der Waals surface area contributed by atoms with Crippen LogP contribution in [0.5, 0.6) is 0 Å². The van der Waals surface area contributed by atoms with Gasteiger partial charge in [-0.2, -0.15) is 13.2 Å². The molecule has 1 heterocycles. The molecule has 2 N–H and O–H groups in total. The van der Waals surface area contributed by atoms with Crippen LogP contribution in [-0.4, -0.2) is 32.3 Å². The van der Waals surface area contributed by atoms with Gasteiger partial charge >= 0.3 is 6.18 Å². The summed E-state index contributed by atoms with van der Waals surface area (Å²) in [6.07, 6.45) is -4.74. The monoisotopic (exact) mass is 481 g/mol. The Morgan fingerprint density at radius 1 is 1.03 bits per heavy atom. The number of thioether (sulfide) groups is 1. The molecule has 3 rings (SSSR count). The van der Waals surface area contributed by atoms with Gasteiger partial charge in [0.05, 0.1) is 23.4 Å². The minimum atomic E-state index is -4.52.